The minimum atomic E-state index is 0.329. The number of hydrogen-bond donors (Lipinski definition) is 1. The summed E-state index contributed by atoms with van der Waals surface area (Å²) in [5.74, 6) is 0.885. The van der Waals surface area contributed by atoms with Crippen LogP contribution in [0.4, 0.5) is 0 Å². The lowest BCUT2D eigenvalue weighted by Crippen LogP contribution is -2.39. The molecular weight excluding hydrogens is 202 g/mol. The Bertz CT molecular complexity index is 339. The summed E-state index contributed by atoms with van der Waals surface area (Å²) in [5, 5.41) is 3.38. The molecular formula is C13H17NO2. The Morgan fingerprint density at radius 2 is 2.19 bits per heavy atom. The lowest BCUT2D eigenvalue weighted by molar-refractivity contribution is 0.0903. The van der Waals surface area contributed by atoms with Gasteiger partial charge in [-0.3, -0.25) is 0 Å². The van der Waals surface area contributed by atoms with Gasteiger partial charge in [0.25, 0.3) is 0 Å². The van der Waals surface area contributed by atoms with E-state index in [2.05, 4.69) is 17.5 Å². The Morgan fingerprint density at radius 3 is 2.81 bits per heavy atom. The summed E-state index contributed by atoms with van der Waals surface area (Å²) in [6.45, 7) is 2.50. The molecule has 1 atom stereocenters. The van der Waals surface area contributed by atoms with Gasteiger partial charge in [-0.25, -0.2) is 0 Å². The summed E-state index contributed by atoms with van der Waals surface area (Å²) in [4.78, 5) is 0. The van der Waals surface area contributed by atoms with Gasteiger partial charge in [0.05, 0.1) is 20.3 Å². The molecule has 0 aromatic heterocycles. The minimum Gasteiger partial charge on any atom is -0.497 e. The number of benzene rings is 1. The molecule has 1 N–H and O–H groups in total. The fourth-order valence-electron chi connectivity index (χ4n) is 1.65. The monoisotopic (exact) mass is 219 g/mol. The Morgan fingerprint density at radius 1 is 1.38 bits per heavy atom. The number of morpholine rings is 1. The first-order valence-corrected chi connectivity index (χ1v) is 5.52. The third-order valence-corrected chi connectivity index (χ3v) is 2.59. The van der Waals surface area contributed by atoms with E-state index in [1.165, 1.54) is 5.56 Å². The van der Waals surface area contributed by atoms with E-state index >= 15 is 0 Å². The first-order chi connectivity index (χ1) is 7.88. The van der Waals surface area contributed by atoms with Crippen LogP contribution in [0.1, 0.15) is 5.56 Å². The lowest BCUT2D eigenvalue weighted by Gasteiger charge is -2.20. The highest BCUT2D eigenvalue weighted by molar-refractivity contribution is 5.51. The van der Waals surface area contributed by atoms with E-state index in [0.717, 1.165) is 25.5 Å². The molecule has 0 bridgehead atoms. The maximum atomic E-state index is 5.37. The normalized spacial score (nSPS) is 21.2. The van der Waals surface area contributed by atoms with Crippen LogP contribution < -0.4 is 10.1 Å². The fraction of sp³-hybridized carbons (Fsp3) is 0.385. The highest BCUT2D eigenvalue weighted by Gasteiger charge is 2.08. The number of methoxy groups -OCH3 is 1. The number of hydrogen-bond acceptors (Lipinski definition) is 3. The fourth-order valence-corrected chi connectivity index (χ4v) is 1.65. The Labute approximate surface area is 96.1 Å². The van der Waals surface area contributed by atoms with Gasteiger partial charge < -0.3 is 14.8 Å². The van der Waals surface area contributed by atoms with E-state index in [9.17, 15) is 0 Å². The van der Waals surface area contributed by atoms with Crippen LogP contribution in [0.25, 0.3) is 6.08 Å². The molecule has 1 saturated heterocycles. The van der Waals surface area contributed by atoms with E-state index in [4.69, 9.17) is 9.47 Å². The van der Waals surface area contributed by atoms with E-state index in [-0.39, 0.29) is 0 Å². The van der Waals surface area contributed by atoms with Gasteiger partial charge in [-0.1, -0.05) is 24.3 Å². The Balaban J connectivity index is 1.94. The lowest BCUT2D eigenvalue weighted by atomic mass is 10.1. The maximum absolute atomic E-state index is 5.37. The minimum absolute atomic E-state index is 0.329. The zero-order valence-electron chi connectivity index (χ0n) is 9.48. The zero-order chi connectivity index (χ0) is 11.2. The van der Waals surface area contributed by atoms with Crippen molar-refractivity contribution in [3.63, 3.8) is 0 Å². The van der Waals surface area contributed by atoms with Crippen molar-refractivity contribution in [2.45, 2.75) is 6.04 Å². The van der Waals surface area contributed by atoms with Crippen molar-refractivity contribution in [3.8, 4) is 5.75 Å². The molecule has 1 aliphatic heterocycles. The molecule has 2 rings (SSSR count). The van der Waals surface area contributed by atoms with Crippen LogP contribution in [0.2, 0.25) is 0 Å². The van der Waals surface area contributed by atoms with Gasteiger partial charge in [-0.2, -0.15) is 0 Å². The molecule has 0 radical (unpaired) electrons. The van der Waals surface area contributed by atoms with E-state index in [1.54, 1.807) is 7.11 Å². The highest BCUT2D eigenvalue weighted by Crippen LogP contribution is 2.12. The predicted octanol–water partition coefficient (Wildman–Crippen LogP) is 1.70. The summed E-state index contributed by atoms with van der Waals surface area (Å²) < 4.78 is 10.5. The van der Waals surface area contributed by atoms with Crippen LogP contribution in [0.5, 0.6) is 5.75 Å². The number of ether oxygens (including phenoxy) is 2. The third kappa shape index (κ3) is 3.08. The van der Waals surface area contributed by atoms with Crippen molar-refractivity contribution < 1.29 is 9.47 Å². The van der Waals surface area contributed by atoms with E-state index in [1.807, 2.05) is 24.3 Å². The summed E-state index contributed by atoms with van der Waals surface area (Å²) in [5.41, 5.74) is 1.17. The van der Waals surface area contributed by atoms with Crippen molar-refractivity contribution in [2.75, 3.05) is 26.9 Å². The molecule has 1 heterocycles. The molecule has 0 spiro atoms. The molecule has 86 valence electrons. The standard InChI is InChI=1S/C13H17NO2/c1-15-13-6-3-11(4-7-13)2-5-12-10-16-9-8-14-12/h2-7,12,14H,8-10H2,1H3/b5-2+. The highest BCUT2D eigenvalue weighted by atomic mass is 16.5. The molecule has 3 nitrogen and oxygen atoms in total. The molecule has 16 heavy (non-hydrogen) atoms. The van der Waals surface area contributed by atoms with Gasteiger partial charge in [0.2, 0.25) is 0 Å². The first kappa shape index (κ1) is 11.2. The molecule has 1 aliphatic rings. The SMILES string of the molecule is COc1ccc(/C=C/C2COCCN2)cc1. The van der Waals surface area contributed by atoms with Gasteiger partial charge in [0.15, 0.2) is 0 Å². The van der Waals surface area contributed by atoms with Gasteiger partial charge in [0, 0.05) is 12.6 Å². The second-order valence-electron chi connectivity index (χ2n) is 3.77. The summed E-state index contributed by atoms with van der Waals surface area (Å²) in [7, 11) is 1.67. The van der Waals surface area contributed by atoms with Crippen LogP contribution >= 0.6 is 0 Å². The average molecular weight is 219 g/mol. The quantitative estimate of drug-likeness (QED) is 0.839. The van der Waals surface area contributed by atoms with E-state index in [0.29, 0.717) is 6.04 Å². The van der Waals surface area contributed by atoms with Crippen LogP contribution in [0, 0.1) is 0 Å². The van der Waals surface area contributed by atoms with Gasteiger partial charge in [0.1, 0.15) is 5.75 Å². The molecule has 1 aromatic carbocycles. The van der Waals surface area contributed by atoms with Gasteiger partial charge in [-0.15, -0.1) is 0 Å². The van der Waals surface area contributed by atoms with Gasteiger partial charge >= 0.3 is 0 Å². The summed E-state index contributed by atoms with van der Waals surface area (Å²) in [6, 6.07) is 8.34. The molecule has 0 saturated carbocycles. The largest absolute Gasteiger partial charge is 0.497 e. The second kappa shape index (κ2) is 5.68. The van der Waals surface area contributed by atoms with Crippen molar-refractivity contribution in [2.24, 2.45) is 0 Å². The molecule has 1 aromatic rings. The van der Waals surface area contributed by atoms with Crippen LogP contribution in [0.3, 0.4) is 0 Å². The predicted molar refractivity (Wildman–Crippen MR) is 64.6 cm³/mol. The Kier molecular flexibility index (Phi) is 3.97. The second-order valence-corrected chi connectivity index (χ2v) is 3.77. The molecule has 0 amide bonds. The average Bonchev–Trinajstić information content (AvgIpc) is 2.38. The van der Waals surface area contributed by atoms with Crippen molar-refractivity contribution >= 4 is 6.08 Å². The zero-order valence-corrected chi connectivity index (χ0v) is 9.48. The summed E-state index contributed by atoms with van der Waals surface area (Å²) in [6.07, 6.45) is 4.24. The smallest absolute Gasteiger partial charge is 0.118 e. The molecule has 1 fully saturated rings. The van der Waals surface area contributed by atoms with Crippen molar-refractivity contribution in [3.05, 3.63) is 35.9 Å². The van der Waals surface area contributed by atoms with Gasteiger partial charge in [-0.05, 0) is 17.7 Å². The number of rotatable bonds is 3. The van der Waals surface area contributed by atoms with Crippen LogP contribution in [-0.4, -0.2) is 32.9 Å². The van der Waals surface area contributed by atoms with Crippen molar-refractivity contribution in [1.82, 2.24) is 5.32 Å². The van der Waals surface area contributed by atoms with Crippen LogP contribution in [-0.2, 0) is 4.74 Å². The topological polar surface area (TPSA) is 30.5 Å². The molecule has 3 heteroatoms. The van der Waals surface area contributed by atoms with Crippen LogP contribution in [0.15, 0.2) is 30.3 Å². The molecule has 0 aliphatic carbocycles. The maximum Gasteiger partial charge on any atom is 0.118 e. The Hall–Kier alpha value is -1.32. The van der Waals surface area contributed by atoms with E-state index < -0.39 is 0 Å². The number of nitrogens with one attached hydrogen (secondary N) is 1. The third-order valence-electron chi connectivity index (χ3n) is 2.59. The van der Waals surface area contributed by atoms with Crippen molar-refractivity contribution in [1.29, 1.82) is 0 Å². The first-order valence-electron chi connectivity index (χ1n) is 5.52. The summed E-state index contributed by atoms with van der Waals surface area (Å²) >= 11 is 0. The molecule has 1 unspecified atom stereocenters.